The number of rotatable bonds is 7. The van der Waals surface area contributed by atoms with E-state index in [1.165, 1.54) is 31.3 Å². The van der Waals surface area contributed by atoms with Crippen LogP contribution >= 0.6 is 0 Å². The molecule has 1 amide bonds. The fourth-order valence-electron chi connectivity index (χ4n) is 4.64. The van der Waals surface area contributed by atoms with Crippen LogP contribution in [-0.4, -0.2) is 50.2 Å². The van der Waals surface area contributed by atoms with Gasteiger partial charge >= 0.3 is 0 Å². The number of hydrogen-bond acceptors (Lipinski definition) is 6. The number of aryl methyl sites for hydroxylation is 1. The van der Waals surface area contributed by atoms with E-state index in [9.17, 15) is 14.7 Å². The zero-order valence-electron chi connectivity index (χ0n) is 20.6. The monoisotopic (exact) mass is 505 g/mol. The number of ether oxygens (including phenoxy) is 1. The average molecular weight is 506 g/mol. The van der Waals surface area contributed by atoms with Crippen molar-refractivity contribution in [1.82, 2.24) is 19.5 Å². The van der Waals surface area contributed by atoms with Crippen LogP contribution in [0.5, 0.6) is 5.75 Å². The molecule has 37 heavy (non-hydrogen) atoms. The number of Topliss-reactive ketones (excluding diaryl/α,β-unsaturated/α-hetero) is 1. The fourth-order valence-corrected chi connectivity index (χ4v) is 4.64. The number of aromatic nitrogens is 3. The summed E-state index contributed by atoms with van der Waals surface area (Å²) in [5, 5.41) is 19.8. The number of piperidine rings is 1. The van der Waals surface area contributed by atoms with Gasteiger partial charge in [-0.3, -0.25) is 14.3 Å². The summed E-state index contributed by atoms with van der Waals surface area (Å²) in [6, 6.07) is 7.91. The molecule has 10 heteroatoms. The quantitative estimate of drug-likeness (QED) is 0.332. The van der Waals surface area contributed by atoms with Gasteiger partial charge in [0.25, 0.3) is 5.91 Å². The van der Waals surface area contributed by atoms with Gasteiger partial charge in [0.15, 0.2) is 11.6 Å². The van der Waals surface area contributed by atoms with E-state index in [0.717, 1.165) is 25.9 Å². The summed E-state index contributed by atoms with van der Waals surface area (Å²) in [6.45, 7) is 2.84. The van der Waals surface area contributed by atoms with Crippen molar-refractivity contribution >= 4 is 22.9 Å². The maximum absolute atomic E-state index is 15.5. The van der Waals surface area contributed by atoms with Crippen LogP contribution in [0.1, 0.15) is 46.2 Å². The number of anilines is 1. The Morgan fingerprint density at radius 2 is 2.03 bits per heavy atom. The number of ketones is 1. The lowest BCUT2D eigenvalue weighted by atomic mass is 10.0. The highest BCUT2D eigenvalue weighted by Gasteiger charge is 2.22. The summed E-state index contributed by atoms with van der Waals surface area (Å²) in [7, 11) is 1.72. The van der Waals surface area contributed by atoms with Crippen molar-refractivity contribution in [1.29, 1.82) is 0 Å². The third-order valence-corrected chi connectivity index (χ3v) is 6.52. The lowest BCUT2D eigenvalue weighted by molar-refractivity contribution is 0.101. The van der Waals surface area contributed by atoms with Gasteiger partial charge in [0.05, 0.1) is 35.3 Å². The van der Waals surface area contributed by atoms with Crippen LogP contribution in [0.15, 0.2) is 48.9 Å². The number of nitrogens with one attached hydrogen (secondary N) is 2. The Morgan fingerprint density at radius 1 is 1.24 bits per heavy atom. The maximum atomic E-state index is 15.5. The first-order valence-electron chi connectivity index (χ1n) is 12.1. The third kappa shape index (κ3) is 4.98. The summed E-state index contributed by atoms with van der Waals surface area (Å²) >= 11 is 0. The van der Waals surface area contributed by atoms with Crippen molar-refractivity contribution in [3.8, 4) is 16.9 Å². The lowest BCUT2D eigenvalue weighted by Crippen LogP contribution is -2.34. The van der Waals surface area contributed by atoms with E-state index in [1.807, 2.05) is 0 Å². The number of carbonyl (C=O) groups excluding carboxylic acids is 2. The highest BCUT2D eigenvalue weighted by molar-refractivity contribution is 6.11. The van der Waals surface area contributed by atoms with Gasteiger partial charge in [0, 0.05) is 43.6 Å². The molecule has 0 spiro atoms. The molecule has 1 aromatic carbocycles. The molecule has 0 saturated carbocycles. The van der Waals surface area contributed by atoms with Crippen LogP contribution < -0.4 is 15.4 Å². The summed E-state index contributed by atoms with van der Waals surface area (Å²) in [5.41, 5.74) is 2.07. The van der Waals surface area contributed by atoms with Crippen LogP contribution in [0.25, 0.3) is 16.6 Å². The first-order valence-corrected chi connectivity index (χ1v) is 12.1. The SMILES string of the molecule is CC(=O)c1cc(C(=O)Nc2cc(CO)cc(-c3cnn(C)c3)c2F)c2cc(OC3CCNCC3)ccn12. The Hall–Kier alpha value is -4.02. The number of benzene rings is 1. The molecule has 0 unspecified atom stereocenters. The van der Waals surface area contributed by atoms with E-state index in [-0.39, 0.29) is 35.3 Å². The highest BCUT2D eigenvalue weighted by Crippen LogP contribution is 2.31. The number of aliphatic hydroxyl groups excluding tert-OH is 1. The molecule has 0 bridgehead atoms. The van der Waals surface area contributed by atoms with Crippen molar-refractivity contribution < 1.29 is 23.8 Å². The van der Waals surface area contributed by atoms with Gasteiger partial charge in [-0.2, -0.15) is 5.10 Å². The molecule has 3 aromatic heterocycles. The molecule has 4 heterocycles. The molecule has 192 valence electrons. The van der Waals surface area contributed by atoms with E-state index >= 15 is 4.39 Å². The number of nitrogens with zero attached hydrogens (tertiary/aromatic N) is 3. The summed E-state index contributed by atoms with van der Waals surface area (Å²) in [5.74, 6) is -0.860. The third-order valence-electron chi connectivity index (χ3n) is 6.52. The largest absolute Gasteiger partial charge is 0.490 e. The van der Waals surface area contributed by atoms with Crippen molar-refractivity contribution in [2.75, 3.05) is 18.4 Å². The van der Waals surface area contributed by atoms with E-state index in [1.54, 1.807) is 40.7 Å². The van der Waals surface area contributed by atoms with Crippen LogP contribution in [-0.2, 0) is 13.7 Å². The summed E-state index contributed by atoms with van der Waals surface area (Å²) < 4.78 is 24.8. The summed E-state index contributed by atoms with van der Waals surface area (Å²) in [6.07, 6.45) is 6.66. The first-order chi connectivity index (χ1) is 17.8. The highest BCUT2D eigenvalue weighted by atomic mass is 19.1. The molecule has 3 N–H and O–H groups in total. The molecule has 1 aliphatic rings. The average Bonchev–Trinajstić information content (AvgIpc) is 3.49. The number of halogens is 1. The molecule has 9 nitrogen and oxygen atoms in total. The number of amides is 1. The number of hydrogen-bond donors (Lipinski definition) is 3. The smallest absolute Gasteiger partial charge is 0.257 e. The van der Waals surface area contributed by atoms with Crippen molar-refractivity contribution in [3.05, 3.63) is 71.6 Å². The number of fused-ring (bicyclic) bond motifs is 1. The number of aliphatic hydroxyl groups is 1. The second-order valence-electron chi connectivity index (χ2n) is 9.20. The minimum Gasteiger partial charge on any atom is -0.490 e. The topological polar surface area (TPSA) is 110 Å². The Morgan fingerprint density at radius 3 is 2.70 bits per heavy atom. The number of pyridine rings is 1. The molecule has 1 aliphatic heterocycles. The molecular formula is C27H28FN5O4. The zero-order valence-corrected chi connectivity index (χ0v) is 20.6. The normalized spacial score (nSPS) is 14.2. The van der Waals surface area contributed by atoms with Gasteiger partial charge in [0.2, 0.25) is 0 Å². The maximum Gasteiger partial charge on any atom is 0.257 e. The predicted octanol–water partition coefficient (Wildman–Crippen LogP) is 3.56. The number of carbonyl (C=O) groups is 2. The molecule has 5 rings (SSSR count). The van der Waals surface area contributed by atoms with Gasteiger partial charge in [-0.25, -0.2) is 4.39 Å². The standard InChI is InChI=1S/C27H28FN5O4/c1-16(35)24-12-22(25-11-20(5-8-33(24)25)37-19-3-6-29-7-4-19)27(36)31-23-10-17(15-34)9-21(26(23)28)18-13-30-32(2)14-18/h5,8-14,19,29,34H,3-4,6-7,15H2,1-2H3,(H,31,36). The molecule has 0 atom stereocenters. The second kappa shape index (κ2) is 10.2. The lowest BCUT2D eigenvalue weighted by Gasteiger charge is -2.24. The van der Waals surface area contributed by atoms with Gasteiger partial charge in [-0.15, -0.1) is 0 Å². The molecule has 0 radical (unpaired) electrons. The zero-order chi connectivity index (χ0) is 26.1. The Bertz CT molecular complexity index is 1490. The Kier molecular flexibility index (Phi) is 6.77. The minimum absolute atomic E-state index is 0.0597. The van der Waals surface area contributed by atoms with Gasteiger partial charge in [-0.1, -0.05) is 0 Å². The van der Waals surface area contributed by atoms with Crippen molar-refractivity contribution in [3.63, 3.8) is 0 Å². The van der Waals surface area contributed by atoms with Crippen LogP contribution in [0, 0.1) is 5.82 Å². The Labute approximate surface area is 212 Å². The van der Waals surface area contributed by atoms with E-state index < -0.39 is 11.7 Å². The van der Waals surface area contributed by atoms with Crippen LogP contribution in [0.4, 0.5) is 10.1 Å². The van der Waals surface area contributed by atoms with Crippen LogP contribution in [0.2, 0.25) is 0 Å². The Balaban J connectivity index is 1.51. The molecular weight excluding hydrogens is 477 g/mol. The first kappa shape index (κ1) is 24.7. The van der Waals surface area contributed by atoms with Gasteiger partial charge in [0.1, 0.15) is 11.9 Å². The van der Waals surface area contributed by atoms with Crippen LogP contribution in [0.3, 0.4) is 0 Å². The summed E-state index contributed by atoms with van der Waals surface area (Å²) in [4.78, 5) is 25.7. The van der Waals surface area contributed by atoms with Gasteiger partial charge < -0.3 is 24.9 Å². The second-order valence-corrected chi connectivity index (χ2v) is 9.20. The predicted molar refractivity (Wildman–Crippen MR) is 136 cm³/mol. The molecule has 4 aromatic rings. The van der Waals surface area contributed by atoms with Gasteiger partial charge in [-0.05, 0) is 55.8 Å². The van der Waals surface area contributed by atoms with Crippen molar-refractivity contribution in [2.24, 2.45) is 7.05 Å². The fraction of sp³-hybridized carbons (Fsp3) is 0.296. The van der Waals surface area contributed by atoms with E-state index in [0.29, 0.717) is 28.1 Å². The van der Waals surface area contributed by atoms with E-state index in [2.05, 4.69) is 15.7 Å². The molecule has 0 aliphatic carbocycles. The van der Waals surface area contributed by atoms with E-state index in [4.69, 9.17) is 4.74 Å². The minimum atomic E-state index is -0.649. The molecule has 1 saturated heterocycles. The molecule has 1 fully saturated rings. The van der Waals surface area contributed by atoms with Crippen molar-refractivity contribution in [2.45, 2.75) is 32.5 Å².